The molecule has 0 radical (unpaired) electrons. The van der Waals surface area contributed by atoms with Gasteiger partial charge in [0.2, 0.25) is 35.4 Å². The Bertz CT molecular complexity index is 1430. The number of nitrogens with zero attached hydrogens (tertiary/aromatic N) is 2. The SMILES string of the molecule is CCCC(=O)NCC(=O)NCC(=O)N[C@@H](Cc1ccccc1)C(=O)NCC(=O)N(C)[C@@H](C(C)C)C(O)N[C@@H](C)C(=O)N(C)[C@H]([C@H](COC)CC(C)=O)[C@@H](C)CC. The highest BCUT2D eigenvalue weighted by Crippen LogP contribution is 2.26. The first-order valence-electron chi connectivity index (χ1n) is 19.5. The van der Waals surface area contributed by atoms with Crippen molar-refractivity contribution in [1.29, 1.82) is 0 Å². The van der Waals surface area contributed by atoms with Crippen LogP contribution in [0.25, 0.3) is 0 Å². The van der Waals surface area contributed by atoms with Gasteiger partial charge in [-0.2, -0.15) is 0 Å². The van der Waals surface area contributed by atoms with Gasteiger partial charge in [-0.1, -0.05) is 71.4 Å². The highest BCUT2D eigenvalue weighted by Gasteiger charge is 2.37. The summed E-state index contributed by atoms with van der Waals surface area (Å²) >= 11 is 0. The average molecular weight is 790 g/mol. The highest BCUT2D eigenvalue weighted by atomic mass is 16.5. The van der Waals surface area contributed by atoms with E-state index in [0.717, 1.165) is 12.0 Å². The van der Waals surface area contributed by atoms with E-state index in [1.165, 1.54) is 18.9 Å². The molecule has 6 amide bonds. The van der Waals surface area contributed by atoms with Crippen LogP contribution in [0.15, 0.2) is 30.3 Å². The lowest BCUT2D eigenvalue weighted by Gasteiger charge is -2.40. The van der Waals surface area contributed by atoms with Crippen LogP contribution in [-0.4, -0.2) is 134 Å². The highest BCUT2D eigenvalue weighted by molar-refractivity contribution is 5.93. The molecular weight excluding hydrogens is 722 g/mol. The number of benzene rings is 1. The Hall–Kier alpha value is -4.41. The zero-order valence-corrected chi connectivity index (χ0v) is 35.0. The van der Waals surface area contributed by atoms with Crippen molar-refractivity contribution in [1.82, 2.24) is 36.4 Å². The van der Waals surface area contributed by atoms with Crippen LogP contribution in [-0.2, 0) is 44.7 Å². The molecule has 0 aliphatic carbocycles. The number of Topliss-reactive ketones (excluding diaryl/α,β-unsaturated/α-hetero) is 1. The normalized spacial score (nSPS) is 14.9. The lowest BCUT2D eigenvalue weighted by Crippen LogP contribution is -2.60. The Kier molecular flexibility index (Phi) is 22.8. The van der Waals surface area contributed by atoms with Gasteiger partial charge in [0.15, 0.2) is 0 Å². The van der Waals surface area contributed by atoms with Crippen molar-refractivity contribution in [3.8, 4) is 0 Å². The van der Waals surface area contributed by atoms with Gasteiger partial charge in [0.1, 0.15) is 18.1 Å². The first-order chi connectivity index (χ1) is 26.4. The zero-order chi connectivity index (χ0) is 42.5. The predicted octanol–water partition coefficient (Wildman–Crippen LogP) is 0.757. The second kappa shape index (κ2) is 25.7. The van der Waals surface area contributed by atoms with Gasteiger partial charge in [0, 0.05) is 52.4 Å². The molecule has 1 unspecified atom stereocenters. The largest absolute Gasteiger partial charge is 0.384 e. The third kappa shape index (κ3) is 17.2. The van der Waals surface area contributed by atoms with Crippen LogP contribution in [0.3, 0.4) is 0 Å². The fourth-order valence-corrected chi connectivity index (χ4v) is 6.78. The van der Waals surface area contributed by atoms with E-state index in [0.29, 0.717) is 13.0 Å². The van der Waals surface area contributed by atoms with Crippen LogP contribution in [0.2, 0.25) is 0 Å². The second-order valence-electron chi connectivity index (χ2n) is 14.9. The summed E-state index contributed by atoms with van der Waals surface area (Å²) in [4.78, 5) is 92.3. The number of likely N-dealkylation sites (N-methyl/N-ethyl adjacent to an activating group) is 2. The van der Waals surface area contributed by atoms with Crippen molar-refractivity contribution >= 4 is 41.2 Å². The molecule has 0 saturated heterocycles. The van der Waals surface area contributed by atoms with Crippen molar-refractivity contribution in [2.45, 2.75) is 111 Å². The number of ether oxygens (including phenoxy) is 1. The second-order valence-corrected chi connectivity index (χ2v) is 14.9. The molecule has 0 bridgehead atoms. The number of methoxy groups -OCH3 is 1. The number of hydrogen-bond donors (Lipinski definition) is 6. The fraction of sp³-hybridized carbons (Fsp3) is 0.675. The van der Waals surface area contributed by atoms with Crippen LogP contribution in [0.5, 0.6) is 0 Å². The minimum absolute atomic E-state index is 0.00448. The van der Waals surface area contributed by atoms with Gasteiger partial charge in [-0.15, -0.1) is 0 Å². The van der Waals surface area contributed by atoms with Crippen LogP contribution in [0, 0.1) is 17.8 Å². The molecule has 0 heterocycles. The summed E-state index contributed by atoms with van der Waals surface area (Å²) in [7, 11) is 4.74. The van der Waals surface area contributed by atoms with E-state index < -0.39 is 61.1 Å². The monoisotopic (exact) mass is 790 g/mol. The van der Waals surface area contributed by atoms with E-state index in [1.807, 2.05) is 40.7 Å². The Balaban J connectivity index is 3.01. The Labute approximate surface area is 332 Å². The Morgan fingerprint density at radius 3 is 1.96 bits per heavy atom. The standard InChI is InChI=1S/C40H67N7O9/c1-11-16-32(49)41-21-33(50)42-22-34(51)45-31(20-29-17-14-13-15-18-29)38(53)43-23-35(52)46(8)36(25(3)4)39(54)44-28(7)40(55)47(9)37(26(5)12-2)30(24-56-10)19-27(6)48/h13-15,17-18,25-26,28,30-31,36-37,39,44,54H,11-12,16,19-24H2,1-10H3,(H,41,49)(H,42,50)(H,43,53)(H,45,51)/t26-,28-,30-,31-,36-,37-,39?/m0/s1. The molecule has 1 aromatic rings. The van der Waals surface area contributed by atoms with E-state index in [2.05, 4.69) is 26.6 Å². The van der Waals surface area contributed by atoms with Crippen LogP contribution in [0.1, 0.15) is 79.7 Å². The Morgan fingerprint density at radius 1 is 0.804 bits per heavy atom. The molecule has 0 saturated carbocycles. The minimum Gasteiger partial charge on any atom is -0.384 e. The zero-order valence-electron chi connectivity index (χ0n) is 35.0. The van der Waals surface area contributed by atoms with Crippen molar-refractivity contribution in [3.63, 3.8) is 0 Å². The number of aliphatic hydroxyl groups is 1. The molecule has 0 aliphatic heterocycles. The molecule has 0 spiro atoms. The summed E-state index contributed by atoms with van der Waals surface area (Å²) < 4.78 is 5.42. The lowest BCUT2D eigenvalue weighted by atomic mass is 9.84. The summed E-state index contributed by atoms with van der Waals surface area (Å²) in [5.41, 5.74) is 0.742. The average Bonchev–Trinajstić information content (AvgIpc) is 3.14. The minimum atomic E-state index is -1.33. The molecule has 16 heteroatoms. The Morgan fingerprint density at radius 2 is 1.41 bits per heavy atom. The van der Waals surface area contributed by atoms with E-state index in [1.54, 1.807) is 50.2 Å². The third-order valence-electron chi connectivity index (χ3n) is 9.79. The third-order valence-corrected chi connectivity index (χ3v) is 9.79. The maximum absolute atomic E-state index is 13.8. The van der Waals surface area contributed by atoms with E-state index in [-0.39, 0.29) is 67.2 Å². The number of aliphatic hydroxyl groups excluding tert-OH is 1. The maximum atomic E-state index is 13.8. The quantitative estimate of drug-likeness (QED) is 0.0725. The van der Waals surface area contributed by atoms with Gasteiger partial charge in [-0.05, 0) is 37.7 Å². The van der Waals surface area contributed by atoms with Gasteiger partial charge >= 0.3 is 0 Å². The van der Waals surface area contributed by atoms with Gasteiger partial charge in [0.25, 0.3) is 0 Å². The van der Waals surface area contributed by atoms with E-state index in [4.69, 9.17) is 4.74 Å². The van der Waals surface area contributed by atoms with Crippen LogP contribution in [0.4, 0.5) is 0 Å². The molecule has 1 rings (SSSR count). The summed E-state index contributed by atoms with van der Waals surface area (Å²) in [5.74, 6) is -3.42. The number of amides is 6. The number of nitrogens with one attached hydrogen (secondary N) is 5. The molecule has 7 atom stereocenters. The molecule has 0 aliphatic rings. The molecular formula is C40H67N7O9. The lowest BCUT2D eigenvalue weighted by molar-refractivity contribution is -0.141. The molecule has 16 nitrogen and oxygen atoms in total. The summed E-state index contributed by atoms with van der Waals surface area (Å²) in [5, 5.41) is 24.4. The number of carbonyl (C=O) groups is 7. The van der Waals surface area contributed by atoms with Gasteiger partial charge in [0.05, 0.1) is 38.3 Å². The summed E-state index contributed by atoms with van der Waals surface area (Å²) in [6.45, 7) is 11.8. The molecule has 1 aromatic carbocycles. The number of rotatable bonds is 26. The molecule has 0 aromatic heterocycles. The van der Waals surface area contributed by atoms with Gasteiger partial charge < -0.3 is 45.7 Å². The van der Waals surface area contributed by atoms with Crippen molar-refractivity contribution in [3.05, 3.63) is 35.9 Å². The number of ketones is 1. The summed E-state index contributed by atoms with van der Waals surface area (Å²) in [6, 6.07) is 5.88. The number of carbonyl (C=O) groups excluding carboxylic acids is 7. The fourth-order valence-electron chi connectivity index (χ4n) is 6.78. The first-order valence-corrected chi connectivity index (χ1v) is 19.5. The summed E-state index contributed by atoms with van der Waals surface area (Å²) in [6.07, 6.45) is 0.684. The first kappa shape index (κ1) is 49.6. The van der Waals surface area contributed by atoms with E-state index >= 15 is 0 Å². The van der Waals surface area contributed by atoms with Crippen molar-refractivity contribution < 1.29 is 43.4 Å². The molecule has 0 fully saturated rings. The van der Waals surface area contributed by atoms with E-state index in [9.17, 15) is 38.7 Å². The topological polar surface area (TPSA) is 216 Å². The van der Waals surface area contributed by atoms with Crippen LogP contribution >= 0.6 is 0 Å². The van der Waals surface area contributed by atoms with Crippen molar-refractivity contribution in [2.75, 3.05) is 47.4 Å². The maximum Gasteiger partial charge on any atom is 0.243 e. The van der Waals surface area contributed by atoms with Gasteiger partial charge in [-0.25, -0.2) is 0 Å². The predicted molar refractivity (Wildman–Crippen MR) is 213 cm³/mol. The molecule has 6 N–H and O–H groups in total. The molecule has 56 heavy (non-hydrogen) atoms. The van der Waals surface area contributed by atoms with Crippen LogP contribution < -0.4 is 26.6 Å². The van der Waals surface area contributed by atoms with Crippen molar-refractivity contribution in [2.24, 2.45) is 17.8 Å². The van der Waals surface area contributed by atoms with Gasteiger partial charge in [-0.3, -0.25) is 34.1 Å². The molecule has 316 valence electrons. The smallest absolute Gasteiger partial charge is 0.243 e. The number of hydrogen-bond acceptors (Lipinski definition) is 10.